The van der Waals surface area contributed by atoms with Crippen molar-refractivity contribution >= 4 is 53.5 Å². The zero-order valence-corrected chi connectivity index (χ0v) is 18.4. The maximum Gasteiger partial charge on any atom is 0.338 e. The fraction of sp³-hybridized carbons (Fsp3) is 0.350. The van der Waals surface area contributed by atoms with Gasteiger partial charge in [0.1, 0.15) is 12.4 Å². The van der Waals surface area contributed by atoms with Crippen LogP contribution in [0.2, 0.25) is 0 Å². The number of hydrogen-bond donors (Lipinski definition) is 0. The average molecular weight is 470 g/mol. The highest BCUT2D eigenvalue weighted by Crippen LogP contribution is 2.42. The van der Waals surface area contributed by atoms with Gasteiger partial charge in [-0.2, -0.15) is 0 Å². The van der Waals surface area contributed by atoms with E-state index >= 15 is 0 Å². The van der Waals surface area contributed by atoms with E-state index < -0.39 is 11.8 Å². The van der Waals surface area contributed by atoms with Crippen LogP contribution in [0.15, 0.2) is 38.8 Å². The van der Waals surface area contributed by atoms with E-state index in [9.17, 15) is 14.4 Å². The lowest BCUT2D eigenvalue weighted by molar-refractivity contribution is -0.117. The molecular formula is C20H20ClNO6S2. The lowest BCUT2D eigenvalue weighted by Crippen LogP contribution is -2.38. The molecule has 0 N–H and O–H groups in total. The summed E-state index contributed by atoms with van der Waals surface area (Å²) in [5, 5.41) is 3.64. The average Bonchev–Trinajstić information content (AvgIpc) is 3.23. The van der Waals surface area contributed by atoms with Gasteiger partial charge >= 0.3 is 5.97 Å². The summed E-state index contributed by atoms with van der Waals surface area (Å²) in [6.45, 7) is 3.69. The maximum atomic E-state index is 13.0. The van der Waals surface area contributed by atoms with E-state index in [1.807, 2.05) is 10.8 Å². The van der Waals surface area contributed by atoms with Gasteiger partial charge in [0.25, 0.3) is 0 Å². The molecular weight excluding hydrogens is 450 g/mol. The van der Waals surface area contributed by atoms with E-state index in [1.165, 1.54) is 29.6 Å². The van der Waals surface area contributed by atoms with Crippen LogP contribution in [0.5, 0.6) is 5.75 Å². The lowest BCUT2D eigenvalue weighted by atomic mass is 10.00. The molecule has 0 saturated carbocycles. The van der Waals surface area contributed by atoms with Gasteiger partial charge in [0, 0.05) is 19.6 Å². The van der Waals surface area contributed by atoms with Crippen molar-refractivity contribution in [1.29, 1.82) is 0 Å². The number of ether oxygens (including phenoxy) is 3. The monoisotopic (exact) mass is 469 g/mol. The Kier molecular flexibility index (Phi) is 8.01. The van der Waals surface area contributed by atoms with Gasteiger partial charge in [-0.15, -0.1) is 12.4 Å². The van der Waals surface area contributed by atoms with Crippen molar-refractivity contribution in [3.63, 3.8) is 0 Å². The van der Waals surface area contributed by atoms with Gasteiger partial charge in [0.05, 0.1) is 34.2 Å². The van der Waals surface area contributed by atoms with Gasteiger partial charge in [-0.05, 0) is 29.0 Å². The number of rotatable bonds is 4. The number of carbonyl (C=O) groups excluding carboxylic acids is 3. The van der Waals surface area contributed by atoms with Crippen LogP contribution in [-0.2, 0) is 14.3 Å². The molecule has 0 amide bonds. The van der Waals surface area contributed by atoms with E-state index in [-0.39, 0.29) is 48.1 Å². The van der Waals surface area contributed by atoms with Crippen LogP contribution < -0.4 is 4.74 Å². The standard InChI is InChI=1S/C20H19NO6S2.ClH/c22-15-12-27-16-2-1-13(19(24)26-8-5-21-3-6-25-7-4-21)11-14(16)18(23)17(15)20-28-9-10-29-20;/h1-2,9-11H,3-8,12H2;1H. The molecule has 0 spiro atoms. The summed E-state index contributed by atoms with van der Waals surface area (Å²) in [6, 6.07) is 4.54. The van der Waals surface area contributed by atoms with Crippen LogP contribution in [-0.4, -0.2) is 68.5 Å². The molecule has 0 radical (unpaired) electrons. The van der Waals surface area contributed by atoms with Crippen LogP contribution in [0.4, 0.5) is 0 Å². The van der Waals surface area contributed by atoms with E-state index in [0.29, 0.717) is 29.7 Å². The molecule has 3 aliphatic heterocycles. The molecule has 10 heteroatoms. The fourth-order valence-electron chi connectivity index (χ4n) is 3.14. The molecule has 1 aromatic carbocycles. The molecule has 1 aromatic rings. The van der Waals surface area contributed by atoms with Crippen LogP contribution >= 0.6 is 35.9 Å². The number of ketones is 2. The topological polar surface area (TPSA) is 82.1 Å². The Morgan fingerprint density at radius 1 is 1.13 bits per heavy atom. The van der Waals surface area contributed by atoms with E-state index in [2.05, 4.69) is 4.90 Å². The highest BCUT2D eigenvalue weighted by molar-refractivity contribution is 8.27. The summed E-state index contributed by atoms with van der Waals surface area (Å²) in [4.78, 5) is 40.1. The third kappa shape index (κ3) is 5.09. The Labute approximate surface area is 188 Å². The van der Waals surface area contributed by atoms with Crippen molar-refractivity contribution in [1.82, 2.24) is 4.90 Å². The number of Topliss-reactive ketones (excluding diaryl/α,β-unsaturated/α-hetero) is 2. The molecule has 0 aromatic heterocycles. The number of halogens is 1. The Hall–Kier alpha value is -1.78. The van der Waals surface area contributed by atoms with Crippen LogP contribution in [0.25, 0.3) is 0 Å². The first-order chi connectivity index (χ1) is 14.1. The summed E-state index contributed by atoms with van der Waals surface area (Å²) < 4.78 is 16.8. The Morgan fingerprint density at radius 3 is 2.60 bits per heavy atom. The number of hydrogen-bond acceptors (Lipinski definition) is 9. The van der Waals surface area contributed by atoms with Crippen molar-refractivity contribution in [3.8, 4) is 5.75 Å². The van der Waals surface area contributed by atoms with E-state index in [1.54, 1.807) is 12.1 Å². The molecule has 3 aliphatic rings. The van der Waals surface area contributed by atoms with Gasteiger partial charge in [-0.3, -0.25) is 14.5 Å². The van der Waals surface area contributed by atoms with Gasteiger partial charge < -0.3 is 14.2 Å². The first-order valence-electron chi connectivity index (χ1n) is 9.18. The van der Waals surface area contributed by atoms with Crippen molar-refractivity contribution in [3.05, 3.63) is 50.0 Å². The van der Waals surface area contributed by atoms with Gasteiger partial charge in [0.2, 0.25) is 11.6 Å². The summed E-state index contributed by atoms with van der Waals surface area (Å²) >= 11 is 2.67. The van der Waals surface area contributed by atoms with Gasteiger partial charge in [0.15, 0.2) is 6.61 Å². The second-order valence-corrected chi connectivity index (χ2v) is 8.60. The number of nitrogens with zero attached hydrogens (tertiary/aromatic N) is 1. The number of morpholine rings is 1. The molecule has 0 unspecified atom stereocenters. The second kappa shape index (κ2) is 10.5. The number of thioether (sulfide) groups is 2. The summed E-state index contributed by atoms with van der Waals surface area (Å²) in [7, 11) is 0. The van der Waals surface area contributed by atoms with Crippen molar-refractivity contribution in [2.75, 3.05) is 46.1 Å². The molecule has 30 heavy (non-hydrogen) atoms. The third-order valence-electron chi connectivity index (χ3n) is 4.68. The molecule has 0 atom stereocenters. The lowest BCUT2D eigenvalue weighted by Gasteiger charge is -2.26. The van der Waals surface area contributed by atoms with Crippen LogP contribution in [0.3, 0.4) is 0 Å². The molecule has 160 valence electrons. The van der Waals surface area contributed by atoms with Crippen LogP contribution in [0.1, 0.15) is 20.7 Å². The first kappa shape index (κ1) is 22.9. The maximum absolute atomic E-state index is 13.0. The fourth-order valence-corrected chi connectivity index (χ4v) is 5.04. The predicted octanol–water partition coefficient (Wildman–Crippen LogP) is 2.90. The minimum Gasteiger partial charge on any atom is -0.485 e. The molecule has 0 bridgehead atoms. The zero-order chi connectivity index (χ0) is 20.2. The SMILES string of the molecule is Cl.O=C1COc2ccc(C(=O)OCCN3CCOCC3)cc2C(=O)C1=C1SC=CS1. The van der Waals surface area contributed by atoms with Crippen molar-refractivity contribution < 1.29 is 28.6 Å². The Bertz CT molecular complexity index is 901. The Morgan fingerprint density at radius 2 is 1.87 bits per heavy atom. The van der Waals surface area contributed by atoms with Gasteiger partial charge in [-0.1, -0.05) is 23.5 Å². The number of esters is 1. The molecule has 1 saturated heterocycles. The molecule has 0 aliphatic carbocycles. The summed E-state index contributed by atoms with van der Waals surface area (Å²) in [5.74, 6) is -1.00. The number of benzene rings is 1. The largest absolute Gasteiger partial charge is 0.485 e. The molecule has 3 heterocycles. The quantitative estimate of drug-likeness (QED) is 0.375. The van der Waals surface area contributed by atoms with Crippen molar-refractivity contribution in [2.24, 2.45) is 0 Å². The number of carbonyl (C=O) groups is 3. The zero-order valence-electron chi connectivity index (χ0n) is 16.0. The normalized spacial score (nSPS) is 19.1. The van der Waals surface area contributed by atoms with Gasteiger partial charge in [-0.25, -0.2) is 4.79 Å². The Balaban J connectivity index is 0.00000256. The highest BCUT2D eigenvalue weighted by atomic mass is 35.5. The third-order valence-corrected chi connectivity index (χ3v) is 6.81. The predicted molar refractivity (Wildman–Crippen MR) is 117 cm³/mol. The summed E-state index contributed by atoms with van der Waals surface area (Å²) in [6.07, 6.45) is 0. The van der Waals surface area contributed by atoms with Crippen molar-refractivity contribution in [2.45, 2.75) is 0 Å². The summed E-state index contributed by atoms with van der Waals surface area (Å²) in [5.41, 5.74) is 0.571. The number of fused-ring (bicyclic) bond motifs is 1. The molecule has 1 fully saturated rings. The highest BCUT2D eigenvalue weighted by Gasteiger charge is 2.32. The second-order valence-electron chi connectivity index (χ2n) is 6.51. The molecule has 7 nitrogen and oxygen atoms in total. The first-order valence-corrected chi connectivity index (χ1v) is 10.9. The van der Waals surface area contributed by atoms with E-state index in [0.717, 1.165) is 13.1 Å². The van der Waals surface area contributed by atoms with Crippen LogP contribution in [0, 0.1) is 0 Å². The minimum atomic E-state index is -0.509. The van der Waals surface area contributed by atoms with E-state index in [4.69, 9.17) is 14.2 Å². The smallest absolute Gasteiger partial charge is 0.338 e. The molecule has 4 rings (SSSR count). The minimum absolute atomic E-state index is 0.